The number of nitrogens with zero attached hydrogens (tertiary/aromatic N) is 2. The van der Waals surface area contributed by atoms with Crippen molar-refractivity contribution in [2.75, 3.05) is 0 Å². The van der Waals surface area contributed by atoms with Crippen molar-refractivity contribution in [1.82, 2.24) is 10.4 Å². The molecule has 0 bridgehead atoms. The summed E-state index contributed by atoms with van der Waals surface area (Å²) in [4.78, 5) is 25.5. The third kappa shape index (κ3) is 1.91. The van der Waals surface area contributed by atoms with Gasteiger partial charge >= 0.3 is 0 Å². The van der Waals surface area contributed by atoms with Gasteiger partial charge in [0.2, 0.25) is 0 Å². The first kappa shape index (κ1) is 11.0. The highest BCUT2D eigenvalue weighted by atomic mass is 16.6. The maximum atomic E-state index is 11.2. The van der Waals surface area contributed by atoms with E-state index in [0.717, 1.165) is 0 Å². The smallest absolute Gasteiger partial charge is 0.283 e. The summed E-state index contributed by atoms with van der Waals surface area (Å²) < 4.78 is 0. The van der Waals surface area contributed by atoms with Crippen LogP contribution in [-0.4, -0.2) is 15.8 Å². The van der Waals surface area contributed by atoms with E-state index in [1.807, 2.05) is 5.43 Å². The lowest BCUT2D eigenvalue weighted by atomic mass is 10.1. The third-order valence-electron chi connectivity index (χ3n) is 2.27. The molecule has 1 aromatic carbocycles. The number of carbonyl (C=O) groups excluding carboxylic acids is 1. The molecule has 0 aliphatic carbocycles. The molecule has 0 aliphatic rings. The Hall–Kier alpha value is -2.54. The van der Waals surface area contributed by atoms with Crippen molar-refractivity contribution < 1.29 is 9.72 Å². The standard InChI is InChI=1S/C10H8N4O3/c11-13-10(15)8-5-4-6-7(12-8)2-1-3-9(6)14(16)17/h1-5H,11H2,(H,13,15). The number of aromatic nitrogens is 1. The van der Waals surface area contributed by atoms with Crippen molar-refractivity contribution >= 4 is 22.5 Å². The third-order valence-corrected chi connectivity index (χ3v) is 2.27. The predicted molar refractivity (Wildman–Crippen MR) is 60.1 cm³/mol. The van der Waals surface area contributed by atoms with Gasteiger partial charge in [-0.1, -0.05) is 6.07 Å². The van der Waals surface area contributed by atoms with E-state index in [-0.39, 0.29) is 11.4 Å². The molecule has 0 saturated carbocycles. The number of nitro benzene ring substituents is 1. The van der Waals surface area contributed by atoms with Gasteiger partial charge in [-0.2, -0.15) is 0 Å². The number of nitrogen functional groups attached to an aromatic ring is 1. The molecule has 17 heavy (non-hydrogen) atoms. The summed E-state index contributed by atoms with van der Waals surface area (Å²) in [6, 6.07) is 7.35. The fraction of sp³-hybridized carbons (Fsp3) is 0. The van der Waals surface area contributed by atoms with E-state index in [1.54, 1.807) is 6.07 Å². The zero-order valence-corrected chi connectivity index (χ0v) is 8.58. The van der Waals surface area contributed by atoms with Gasteiger partial charge in [-0.25, -0.2) is 10.8 Å². The average Bonchev–Trinajstić information content (AvgIpc) is 2.36. The predicted octanol–water partition coefficient (Wildman–Crippen LogP) is 0.746. The zero-order chi connectivity index (χ0) is 12.4. The molecule has 0 atom stereocenters. The largest absolute Gasteiger partial charge is 0.289 e. The zero-order valence-electron chi connectivity index (χ0n) is 8.58. The number of amides is 1. The van der Waals surface area contributed by atoms with Crippen LogP contribution in [0.1, 0.15) is 10.5 Å². The lowest BCUT2D eigenvalue weighted by Crippen LogP contribution is -2.30. The topological polar surface area (TPSA) is 111 Å². The summed E-state index contributed by atoms with van der Waals surface area (Å²) in [7, 11) is 0. The fourth-order valence-corrected chi connectivity index (χ4v) is 1.50. The monoisotopic (exact) mass is 232 g/mol. The molecule has 86 valence electrons. The maximum Gasteiger partial charge on any atom is 0.283 e. The molecule has 0 unspecified atom stereocenters. The van der Waals surface area contributed by atoms with Gasteiger partial charge in [0.05, 0.1) is 15.8 Å². The van der Waals surface area contributed by atoms with E-state index < -0.39 is 10.8 Å². The van der Waals surface area contributed by atoms with E-state index in [4.69, 9.17) is 5.84 Å². The van der Waals surface area contributed by atoms with Gasteiger partial charge in [0, 0.05) is 6.07 Å². The van der Waals surface area contributed by atoms with Crippen LogP contribution in [0.4, 0.5) is 5.69 Å². The Morgan fingerprint density at radius 1 is 1.35 bits per heavy atom. The second-order valence-corrected chi connectivity index (χ2v) is 3.27. The van der Waals surface area contributed by atoms with Crippen LogP contribution in [0.15, 0.2) is 30.3 Å². The van der Waals surface area contributed by atoms with Gasteiger partial charge in [0.1, 0.15) is 5.69 Å². The molecular weight excluding hydrogens is 224 g/mol. The van der Waals surface area contributed by atoms with Gasteiger partial charge in [0.15, 0.2) is 0 Å². The van der Waals surface area contributed by atoms with Gasteiger partial charge < -0.3 is 0 Å². The molecule has 1 amide bonds. The second-order valence-electron chi connectivity index (χ2n) is 3.27. The Kier molecular flexibility index (Phi) is 2.67. The number of nitrogens with one attached hydrogen (secondary N) is 1. The number of hydrogen-bond donors (Lipinski definition) is 2. The lowest BCUT2D eigenvalue weighted by Gasteiger charge is -2.02. The van der Waals surface area contributed by atoms with Gasteiger partial charge in [-0.05, 0) is 18.2 Å². The number of nitrogens with two attached hydrogens (primary N) is 1. The van der Waals surface area contributed by atoms with E-state index in [1.165, 1.54) is 24.3 Å². The molecule has 0 spiro atoms. The first-order chi connectivity index (χ1) is 8.13. The lowest BCUT2D eigenvalue weighted by molar-refractivity contribution is -0.383. The SMILES string of the molecule is NNC(=O)c1ccc2c([N+](=O)[O-])cccc2n1. The Morgan fingerprint density at radius 2 is 2.12 bits per heavy atom. The number of non-ortho nitro benzene ring substituents is 1. The Labute approximate surface area is 95.4 Å². The fourth-order valence-electron chi connectivity index (χ4n) is 1.50. The van der Waals surface area contributed by atoms with Crippen LogP contribution in [0.2, 0.25) is 0 Å². The Balaban J connectivity index is 2.65. The van der Waals surface area contributed by atoms with Crippen molar-refractivity contribution in [1.29, 1.82) is 0 Å². The van der Waals surface area contributed by atoms with Crippen LogP contribution in [0, 0.1) is 10.1 Å². The van der Waals surface area contributed by atoms with Gasteiger partial charge in [-0.15, -0.1) is 0 Å². The molecule has 0 radical (unpaired) electrons. The van der Waals surface area contributed by atoms with Gasteiger partial charge in [0.25, 0.3) is 11.6 Å². The molecule has 0 saturated heterocycles. The van der Waals surface area contributed by atoms with Crippen molar-refractivity contribution in [3.63, 3.8) is 0 Å². The molecule has 2 rings (SSSR count). The summed E-state index contributed by atoms with van der Waals surface area (Å²) >= 11 is 0. The Morgan fingerprint density at radius 3 is 2.76 bits per heavy atom. The first-order valence-electron chi connectivity index (χ1n) is 4.68. The molecule has 1 aromatic heterocycles. The van der Waals surface area contributed by atoms with E-state index in [9.17, 15) is 14.9 Å². The molecule has 7 heteroatoms. The molecule has 0 fully saturated rings. The second kappa shape index (κ2) is 4.14. The molecule has 3 N–H and O–H groups in total. The van der Waals surface area contributed by atoms with Crippen molar-refractivity contribution in [2.24, 2.45) is 5.84 Å². The highest BCUT2D eigenvalue weighted by Gasteiger charge is 2.13. The summed E-state index contributed by atoms with van der Waals surface area (Å²) in [5, 5.41) is 11.1. The van der Waals surface area contributed by atoms with Crippen molar-refractivity contribution in [3.8, 4) is 0 Å². The number of pyridine rings is 1. The highest BCUT2D eigenvalue weighted by Crippen LogP contribution is 2.23. The van der Waals surface area contributed by atoms with E-state index in [0.29, 0.717) is 10.9 Å². The number of hydrazine groups is 1. The van der Waals surface area contributed by atoms with Crippen molar-refractivity contribution in [3.05, 3.63) is 46.1 Å². The number of carbonyl (C=O) groups is 1. The number of nitro groups is 1. The van der Waals surface area contributed by atoms with Crippen LogP contribution >= 0.6 is 0 Å². The number of hydrogen-bond acceptors (Lipinski definition) is 5. The minimum atomic E-state index is -0.543. The summed E-state index contributed by atoms with van der Waals surface area (Å²) in [5.74, 6) is 4.44. The summed E-state index contributed by atoms with van der Waals surface area (Å²) in [6.07, 6.45) is 0. The average molecular weight is 232 g/mol. The number of benzene rings is 1. The molecule has 7 nitrogen and oxygen atoms in total. The molecule has 0 aliphatic heterocycles. The quantitative estimate of drug-likeness (QED) is 0.343. The number of rotatable bonds is 2. The van der Waals surface area contributed by atoms with Crippen molar-refractivity contribution in [2.45, 2.75) is 0 Å². The maximum absolute atomic E-state index is 11.2. The van der Waals surface area contributed by atoms with E-state index >= 15 is 0 Å². The Bertz CT molecular complexity index is 612. The van der Waals surface area contributed by atoms with Crippen LogP contribution < -0.4 is 11.3 Å². The van der Waals surface area contributed by atoms with E-state index in [2.05, 4.69) is 4.98 Å². The molecular formula is C10H8N4O3. The number of fused-ring (bicyclic) bond motifs is 1. The normalized spacial score (nSPS) is 10.2. The van der Waals surface area contributed by atoms with Crippen LogP contribution in [0.3, 0.4) is 0 Å². The van der Waals surface area contributed by atoms with Gasteiger partial charge in [-0.3, -0.25) is 20.3 Å². The van der Waals surface area contributed by atoms with Crippen LogP contribution in [-0.2, 0) is 0 Å². The minimum absolute atomic E-state index is 0.0466. The summed E-state index contributed by atoms with van der Waals surface area (Å²) in [6.45, 7) is 0. The van der Waals surface area contributed by atoms with Crippen LogP contribution in [0.25, 0.3) is 10.9 Å². The highest BCUT2D eigenvalue weighted by molar-refractivity contribution is 5.96. The minimum Gasteiger partial charge on any atom is -0.289 e. The molecule has 1 heterocycles. The van der Waals surface area contributed by atoms with Crippen LogP contribution in [0.5, 0.6) is 0 Å². The first-order valence-corrected chi connectivity index (χ1v) is 4.68. The summed E-state index contributed by atoms with van der Waals surface area (Å²) in [5.41, 5.74) is 2.39. The molecule has 2 aromatic rings.